The van der Waals surface area contributed by atoms with Crippen LogP contribution in [0.4, 0.5) is 0 Å². The highest BCUT2D eigenvalue weighted by Gasteiger charge is 2.40. The van der Waals surface area contributed by atoms with Gasteiger partial charge in [-0.15, -0.1) is 0 Å². The van der Waals surface area contributed by atoms with Gasteiger partial charge in [-0.3, -0.25) is 4.79 Å². The monoisotopic (exact) mass is 435 g/mol. The topological polar surface area (TPSA) is 63.2 Å². The zero-order chi connectivity index (χ0) is 18.8. The summed E-state index contributed by atoms with van der Waals surface area (Å²) in [6.07, 6.45) is 2.76. The molecule has 0 spiro atoms. The van der Waals surface area contributed by atoms with Crippen LogP contribution in [0.2, 0.25) is 0 Å². The highest BCUT2D eigenvalue weighted by atomic mass is 79.9. The Kier molecular flexibility index (Phi) is 5.53. The number of benzene rings is 2. The van der Waals surface area contributed by atoms with Crippen LogP contribution in [0.3, 0.4) is 0 Å². The molecule has 4 nitrogen and oxygen atoms in total. The summed E-state index contributed by atoms with van der Waals surface area (Å²) in [5.74, 6) is -0.406. The second-order valence-corrected chi connectivity index (χ2v) is 9.90. The lowest BCUT2D eigenvalue weighted by Crippen LogP contribution is -2.51. The van der Waals surface area contributed by atoms with Crippen LogP contribution in [0.5, 0.6) is 0 Å². The van der Waals surface area contributed by atoms with Gasteiger partial charge in [0.05, 0.1) is 16.2 Å². The number of aryl methyl sites for hydroxylation is 1. The van der Waals surface area contributed by atoms with E-state index in [-0.39, 0.29) is 28.5 Å². The smallest absolute Gasteiger partial charge is 0.221 e. The molecule has 1 amide bonds. The van der Waals surface area contributed by atoms with Gasteiger partial charge >= 0.3 is 0 Å². The maximum Gasteiger partial charge on any atom is 0.221 e. The van der Waals surface area contributed by atoms with Gasteiger partial charge in [0.25, 0.3) is 0 Å². The lowest BCUT2D eigenvalue weighted by Gasteiger charge is -2.43. The SMILES string of the molecule is Cc1ccc(S(=O)(=O)CCC(=O)NC2(c3cccc(Br)c3)CCC2)cc1. The van der Waals surface area contributed by atoms with Crippen molar-refractivity contribution in [1.29, 1.82) is 0 Å². The summed E-state index contributed by atoms with van der Waals surface area (Å²) >= 11 is 3.47. The number of halogens is 1. The Hall–Kier alpha value is -1.66. The van der Waals surface area contributed by atoms with Crippen molar-refractivity contribution in [3.63, 3.8) is 0 Å². The number of carbonyl (C=O) groups excluding carboxylic acids is 1. The highest BCUT2D eigenvalue weighted by Crippen LogP contribution is 2.42. The maximum absolute atomic E-state index is 12.5. The van der Waals surface area contributed by atoms with Crippen molar-refractivity contribution in [2.45, 2.75) is 43.0 Å². The van der Waals surface area contributed by atoms with Crippen molar-refractivity contribution in [3.05, 3.63) is 64.1 Å². The first-order valence-corrected chi connectivity index (χ1v) is 11.1. The van der Waals surface area contributed by atoms with Gasteiger partial charge in [0.1, 0.15) is 0 Å². The third-order valence-corrected chi connectivity index (χ3v) is 7.17. The first kappa shape index (κ1) is 19.1. The lowest BCUT2D eigenvalue weighted by molar-refractivity contribution is -0.124. The van der Waals surface area contributed by atoms with Crippen molar-refractivity contribution >= 4 is 31.7 Å². The molecule has 1 fully saturated rings. The summed E-state index contributed by atoms with van der Waals surface area (Å²) in [5.41, 5.74) is 1.70. The summed E-state index contributed by atoms with van der Waals surface area (Å²) in [7, 11) is -3.46. The number of nitrogens with one attached hydrogen (secondary N) is 1. The molecule has 0 aromatic heterocycles. The minimum Gasteiger partial charge on any atom is -0.347 e. The summed E-state index contributed by atoms with van der Waals surface area (Å²) in [6, 6.07) is 14.6. The molecule has 1 N–H and O–H groups in total. The van der Waals surface area contributed by atoms with E-state index in [1.807, 2.05) is 31.2 Å². The summed E-state index contributed by atoms with van der Waals surface area (Å²) in [5, 5.41) is 3.08. The molecule has 1 aliphatic rings. The van der Waals surface area contributed by atoms with E-state index in [1.165, 1.54) is 0 Å². The fourth-order valence-electron chi connectivity index (χ4n) is 3.22. The van der Waals surface area contributed by atoms with Gasteiger partial charge in [0, 0.05) is 10.9 Å². The Morgan fingerprint density at radius 3 is 2.42 bits per heavy atom. The average molecular weight is 436 g/mol. The van der Waals surface area contributed by atoms with E-state index in [1.54, 1.807) is 24.3 Å². The molecule has 0 atom stereocenters. The number of hydrogen-bond donors (Lipinski definition) is 1. The van der Waals surface area contributed by atoms with Crippen LogP contribution in [-0.2, 0) is 20.2 Å². The molecule has 0 saturated heterocycles. The van der Waals surface area contributed by atoms with E-state index in [2.05, 4.69) is 21.2 Å². The second-order valence-electron chi connectivity index (χ2n) is 6.88. The lowest BCUT2D eigenvalue weighted by atomic mass is 9.71. The van der Waals surface area contributed by atoms with Gasteiger partial charge in [0.15, 0.2) is 9.84 Å². The van der Waals surface area contributed by atoms with Crippen molar-refractivity contribution in [3.8, 4) is 0 Å². The molecule has 1 aliphatic carbocycles. The van der Waals surface area contributed by atoms with Crippen LogP contribution in [-0.4, -0.2) is 20.1 Å². The van der Waals surface area contributed by atoms with Crippen LogP contribution in [0.1, 0.15) is 36.8 Å². The first-order chi connectivity index (χ1) is 12.3. The summed E-state index contributed by atoms with van der Waals surface area (Å²) in [4.78, 5) is 12.7. The molecular weight excluding hydrogens is 414 g/mol. The van der Waals surface area contributed by atoms with E-state index in [4.69, 9.17) is 0 Å². The van der Waals surface area contributed by atoms with Crippen LogP contribution in [0.25, 0.3) is 0 Å². The molecule has 0 radical (unpaired) electrons. The number of sulfone groups is 1. The molecule has 138 valence electrons. The van der Waals surface area contributed by atoms with Crippen LogP contribution >= 0.6 is 15.9 Å². The van der Waals surface area contributed by atoms with Gasteiger partial charge in [-0.1, -0.05) is 45.8 Å². The molecule has 0 aliphatic heterocycles. The number of amides is 1. The summed E-state index contributed by atoms with van der Waals surface area (Å²) in [6.45, 7) is 1.91. The second kappa shape index (κ2) is 7.53. The van der Waals surface area contributed by atoms with E-state index in [0.29, 0.717) is 0 Å². The van der Waals surface area contributed by atoms with E-state index in [0.717, 1.165) is 34.9 Å². The molecule has 1 saturated carbocycles. The molecular formula is C20H22BrNO3S. The first-order valence-electron chi connectivity index (χ1n) is 8.67. The Balaban J connectivity index is 1.66. The van der Waals surface area contributed by atoms with E-state index >= 15 is 0 Å². The molecule has 2 aromatic carbocycles. The predicted octanol–water partition coefficient (Wildman–Crippen LogP) is 4.12. The number of hydrogen-bond acceptors (Lipinski definition) is 3. The van der Waals surface area contributed by atoms with E-state index in [9.17, 15) is 13.2 Å². The zero-order valence-electron chi connectivity index (χ0n) is 14.7. The molecule has 0 heterocycles. The Bertz CT molecular complexity index is 903. The molecule has 26 heavy (non-hydrogen) atoms. The van der Waals surface area contributed by atoms with Gasteiger partial charge < -0.3 is 5.32 Å². The predicted molar refractivity (Wildman–Crippen MR) is 106 cm³/mol. The van der Waals surface area contributed by atoms with Crippen molar-refractivity contribution < 1.29 is 13.2 Å². The van der Waals surface area contributed by atoms with Gasteiger partial charge in [-0.2, -0.15) is 0 Å². The minimum atomic E-state index is -3.46. The van der Waals surface area contributed by atoms with Crippen LogP contribution < -0.4 is 5.32 Å². The highest BCUT2D eigenvalue weighted by molar-refractivity contribution is 9.10. The van der Waals surface area contributed by atoms with Crippen molar-refractivity contribution in [2.24, 2.45) is 0 Å². The fourth-order valence-corrected chi connectivity index (χ4v) is 4.86. The number of rotatable bonds is 6. The third kappa shape index (κ3) is 4.18. The third-order valence-electron chi connectivity index (χ3n) is 4.94. The van der Waals surface area contributed by atoms with Crippen LogP contribution in [0.15, 0.2) is 57.9 Å². The standard InChI is InChI=1S/C20H22BrNO3S/c1-15-6-8-18(9-7-15)26(24,25)13-10-19(23)22-20(11-3-12-20)16-4-2-5-17(21)14-16/h2,4-9,14H,3,10-13H2,1H3,(H,22,23). The van der Waals surface area contributed by atoms with Crippen molar-refractivity contribution in [2.75, 3.05) is 5.75 Å². The Labute approximate surface area is 163 Å². The fraction of sp³-hybridized carbons (Fsp3) is 0.350. The molecule has 3 rings (SSSR count). The van der Waals surface area contributed by atoms with Gasteiger partial charge in [0.2, 0.25) is 5.91 Å². The minimum absolute atomic E-state index is 0.0358. The molecule has 6 heteroatoms. The normalized spacial score (nSPS) is 15.9. The quantitative estimate of drug-likeness (QED) is 0.741. The largest absolute Gasteiger partial charge is 0.347 e. The molecule has 0 bridgehead atoms. The van der Waals surface area contributed by atoms with Crippen LogP contribution in [0, 0.1) is 6.92 Å². The maximum atomic E-state index is 12.5. The van der Waals surface area contributed by atoms with Crippen molar-refractivity contribution in [1.82, 2.24) is 5.32 Å². The summed E-state index contributed by atoms with van der Waals surface area (Å²) < 4.78 is 25.8. The average Bonchev–Trinajstić information content (AvgIpc) is 2.57. The number of carbonyl (C=O) groups is 1. The van der Waals surface area contributed by atoms with E-state index < -0.39 is 9.84 Å². The Morgan fingerprint density at radius 2 is 1.85 bits per heavy atom. The molecule has 0 unspecified atom stereocenters. The van der Waals surface area contributed by atoms with Gasteiger partial charge in [-0.25, -0.2) is 8.42 Å². The zero-order valence-corrected chi connectivity index (χ0v) is 17.1. The molecule has 2 aromatic rings. The Morgan fingerprint density at radius 1 is 1.15 bits per heavy atom. The van der Waals surface area contributed by atoms with Gasteiger partial charge in [-0.05, 0) is 56.0 Å².